The van der Waals surface area contributed by atoms with Crippen LogP contribution in [0.25, 0.3) is 0 Å². The van der Waals surface area contributed by atoms with Gasteiger partial charge in [-0.3, -0.25) is 0 Å². The van der Waals surface area contributed by atoms with E-state index in [2.05, 4.69) is 35.8 Å². The predicted molar refractivity (Wildman–Crippen MR) is 89.0 cm³/mol. The average molecular weight is 371 g/mol. The van der Waals surface area contributed by atoms with E-state index < -0.39 is 11.0 Å². The summed E-state index contributed by atoms with van der Waals surface area (Å²) in [4.78, 5) is 0. The van der Waals surface area contributed by atoms with Crippen LogP contribution in [0.4, 0.5) is 0 Å². The largest absolute Gasteiger partial charge is 0.384 e. The molecule has 4 heteroatoms. The highest BCUT2D eigenvalue weighted by Crippen LogP contribution is 2.54. The molecule has 1 fully saturated rings. The minimum Gasteiger partial charge on any atom is -0.384 e. The number of nitriles is 1. The summed E-state index contributed by atoms with van der Waals surface area (Å²) in [6, 6.07) is 7.85. The lowest BCUT2D eigenvalue weighted by Gasteiger charge is -2.47. The van der Waals surface area contributed by atoms with Crippen LogP contribution >= 0.6 is 27.5 Å². The van der Waals surface area contributed by atoms with Crippen molar-refractivity contribution in [1.29, 1.82) is 5.26 Å². The summed E-state index contributed by atoms with van der Waals surface area (Å²) in [6.45, 7) is 6.16. The summed E-state index contributed by atoms with van der Waals surface area (Å²) in [7, 11) is 0. The molecular weight excluding hydrogens is 350 g/mol. The van der Waals surface area contributed by atoms with Crippen LogP contribution in [0, 0.1) is 22.2 Å². The van der Waals surface area contributed by atoms with Crippen molar-refractivity contribution in [3.8, 4) is 6.07 Å². The standard InChI is InChI=1S/C17H21BrClNO/c1-15(2)6-8-17(11-20,9-7-15)16(3,21)13-5-4-12(18)10-14(13)19/h4-5,10,21H,6-9H2,1-3H3. The summed E-state index contributed by atoms with van der Waals surface area (Å²) in [6.07, 6.45) is 3.25. The van der Waals surface area contributed by atoms with Gasteiger partial charge in [-0.1, -0.05) is 47.4 Å². The number of hydrogen-bond donors (Lipinski definition) is 1. The highest BCUT2D eigenvalue weighted by molar-refractivity contribution is 9.10. The molecule has 1 unspecified atom stereocenters. The fraction of sp³-hybridized carbons (Fsp3) is 0.588. The van der Waals surface area contributed by atoms with Crippen LogP contribution in [-0.2, 0) is 5.60 Å². The molecular formula is C17H21BrClNO. The van der Waals surface area contributed by atoms with E-state index in [0.29, 0.717) is 23.4 Å². The third-order valence-corrected chi connectivity index (χ3v) is 5.86. The van der Waals surface area contributed by atoms with Crippen molar-refractivity contribution in [2.45, 2.75) is 52.1 Å². The maximum atomic E-state index is 11.2. The fourth-order valence-corrected chi connectivity index (χ4v) is 4.06. The molecule has 0 bridgehead atoms. The molecule has 0 aromatic heterocycles. The predicted octanol–water partition coefficient (Wildman–Crippen LogP) is 5.42. The van der Waals surface area contributed by atoms with Crippen molar-refractivity contribution in [2.24, 2.45) is 10.8 Å². The van der Waals surface area contributed by atoms with Gasteiger partial charge in [0.05, 0.1) is 11.5 Å². The number of hydrogen-bond acceptors (Lipinski definition) is 2. The molecule has 0 radical (unpaired) electrons. The van der Waals surface area contributed by atoms with E-state index in [1.807, 2.05) is 12.1 Å². The lowest BCUT2D eigenvalue weighted by Crippen LogP contribution is -2.46. The Bertz CT molecular complexity index is 579. The van der Waals surface area contributed by atoms with Crippen LogP contribution in [0.3, 0.4) is 0 Å². The average Bonchev–Trinajstić information content (AvgIpc) is 2.38. The van der Waals surface area contributed by atoms with Gasteiger partial charge in [-0.05, 0) is 50.2 Å². The van der Waals surface area contributed by atoms with E-state index in [1.165, 1.54) is 0 Å². The molecule has 1 aromatic rings. The van der Waals surface area contributed by atoms with Gasteiger partial charge in [0.15, 0.2) is 0 Å². The number of benzene rings is 1. The zero-order valence-electron chi connectivity index (χ0n) is 12.7. The lowest BCUT2D eigenvalue weighted by atomic mass is 9.58. The Kier molecular flexibility index (Phi) is 4.46. The quantitative estimate of drug-likeness (QED) is 0.755. The molecule has 0 aliphatic heterocycles. The SMILES string of the molecule is CC1(C)CCC(C#N)(C(C)(O)c2ccc(Br)cc2Cl)CC1. The molecule has 2 nitrogen and oxygen atoms in total. The normalized spacial score (nSPS) is 23.1. The second-order valence-corrected chi connectivity index (χ2v) is 8.38. The van der Waals surface area contributed by atoms with Gasteiger partial charge < -0.3 is 5.11 Å². The highest BCUT2D eigenvalue weighted by Gasteiger charge is 2.52. The summed E-state index contributed by atoms with van der Waals surface area (Å²) in [5.41, 5.74) is -1.16. The Morgan fingerprint density at radius 3 is 2.33 bits per heavy atom. The molecule has 0 heterocycles. The second kappa shape index (κ2) is 5.57. The van der Waals surface area contributed by atoms with Gasteiger partial charge in [-0.25, -0.2) is 0 Å². The molecule has 114 valence electrons. The first kappa shape index (κ1) is 16.8. The fourth-order valence-electron chi connectivity index (χ4n) is 3.20. The van der Waals surface area contributed by atoms with Gasteiger partial charge in [0.2, 0.25) is 0 Å². The Labute approximate surface area is 140 Å². The zero-order valence-corrected chi connectivity index (χ0v) is 15.1. The zero-order chi connectivity index (χ0) is 15.9. The Balaban J connectivity index is 2.43. The molecule has 21 heavy (non-hydrogen) atoms. The maximum Gasteiger partial charge on any atom is 0.107 e. The number of halogens is 2. The molecule has 1 saturated carbocycles. The van der Waals surface area contributed by atoms with E-state index in [0.717, 1.165) is 17.3 Å². The monoisotopic (exact) mass is 369 g/mol. The van der Waals surface area contributed by atoms with Gasteiger partial charge >= 0.3 is 0 Å². The topological polar surface area (TPSA) is 44.0 Å². The lowest BCUT2D eigenvalue weighted by molar-refractivity contribution is -0.0772. The first-order valence-corrected chi connectivity index (χ1v) is 8.40. The van der Waals surface area contributed by atoms with Crippen LogP contribution in [-0.4, -0.2) is 5.11 Å². The molecule has 0 saturated heterocycles. The molecule has 0 spiro atoms. The molecule has 1 aromatic carbocycles. The van der Waals surface area contributed by atoms with Crippen molar-refractivity contribution in [1.82, 2.24) is 0 Å². The minimum absolute atomic E-state index is 0.236. The van der Waals surface area contributed by atoms with E-state index in [1.54, 1.807) is 13.0 Å². The smallest absolute Gasteiger partial charge is 0.107 e. The highest BCUT2D eigenvalue weighted by atomic mass is 79.9. The molecule has 1 aliphatic carbocycles. The molecule has 1 atom stereocenters. The first-order chi connectivity index (χ1) is 9.63. The number of aliphatic hydroxyl groups is 1. The minimum atomic E-state index is -1.25. The number of rotatable bonds is 2. The molecule has 1 N–H and O–H groups in total. The van der Waals surface area contributed by atoms with Gasteiger partial charge in [-0.15, -0.1) is 0 Å². The van der Waals surface area contributed by atoms with Crippen molar-refractivity contribution in [2.75, 3.05) is 0 Å². The van der Waals surface area contributed by atoms with Crippen LogP contribution in [0.15, 0.2) is 22.7 Å². The third-order valence-electron chi connectivity index (χ3n) is 5.06. The summed E-state index contributed by atoms with van der Waals surface area (Å²) >= 11 is 9.68. The van der Waals surface area contributed by atoms with Gasteiger partial charge in [0.1, 0.15) is 5.60 Å². The Morgan fingerprint density at radius 2 is 1.86 bits per heavy atom. The Morgan fingerprint density at radius 1 is 1.29 bits per heavy atom. The number of nitrogens with zero attached hydrogens (tertiary/aromatic N) is 1. The summed E-state index contributed by atoms with van der Waals surface area (Å²) < 4.78 is 0.864. The Hall–Kier alpha value is -0.560. The third kappa shape index (κ3) is 2.99. The van der Waals surface area contributed by atoms with E-state index in [4.69, 9.17) is 11.6 Å². The maximum absolute atomic E-state index is 11.2. The molecule has 0 amide bonds. The van der Waals surface area contributed by atoms with E-state index >= 15 is 0 Å². The van der Waals surface area contributed by atoms with E-state index in [9.17, 15) is 10.4 Å². The second-order valence-electron chi connectivity index (χ2n) is 7.05. The van der Waals surface area contributed by atoms with Crippen LogP contribution in [0.1, 0.15) is 52.0 Å². The summed E-state index contributed by atoms with van der Waals surface area (Å²) in [5.74, 6) is 0. The summed E-state index contributed by atoms with van der Waals surface area (Å²) in [5, 5.41) is 21.5. The van der Waals surface area contributed by atoms with Crippen LogP contribution < -0.4 is 0 Å². The van der Waals surface area contributed by atoms with Crippen molar-refractivity contribution >= 4 is 27.5 Å². The van der Waals surface area contributed by atoms with Crippen molar-refractivity contribution in [3.63, 3.8) is 0 Å². The molecule has 1 aliphatic rings. The molecule has 2 rings (SSSR count). The van der Waals surface area contributed by atoms with Gasteiger partial charge in [0, 0.05) is 15.1 Å². The van der Waals surface area contributed by atoms with Gasteiger partial charge in [0.25, 0.3) is 0 Å². The van der Waals surface area contributed by atoms with Crippen LogP contribution in [0.2, 0.25) is 5.02 Å². The van der Waals surface area contributed by atoms with Crippen molar-refractivity contribution < 1.29 is 5.11 Å². The van der Waals surface area contributed by atoms with Crippen molar-refractivity contribution in [3.05, 3.63) is 33.3 Å². The van der Waals surface area contributed by atoms with Gasteiger partial charge in [-0.2, -0.15) is 5.26 Å². The van der Waals surface area contributed by atoms with E-state index in [-0.39, 0.29) is 5.41 Å². The first-order valence-electron chi connectivity index (χ1n) is 7.23. The van der Waals surface area contributed by atoms with Crippen LogP contribution in [0.5, 0.6) is 0 Å².